The van der Waals surface area contributed by atoms with E-state index in [1.165, 1.54) is 48.5 Å². The first-order valence-corrected chi connectivity index (χ1v) is 9.01. The minimum atomic E-state index is -1.21. The molecule has 0 aliphatic carbocycles. The maximum Gasteiger partial charge on any atom is 0.301 e. The Morgan fingerprint density at radius 3 is 2.48 bits per heavy atom. The zero-order valence-electron chi connectivity index (χ0n) is 15.1. The van der Waals surface area contributed by atoms with Crippen LogP contribution in [0.2, 0.25) is 5.02 Å². The van der Waals surface area contributed by atoms with E-state index in [0.717, 1.165) is 4.90 Å². The molecule has 2 aromatic carbocycles. The Bertz CT molecular complexity index is 1150. The highest BCUT2D eigenvalue weighted by atomic mass is 35.5. The van der Waals surface area contributed by atoms with E-state index in [-0.39, 0.29) is 22.5 Å². The van der Waals surface area contributed by atoms with Crippen molar-refractivity contribution < 1.29 is 23.6 Å². The van der Waals surface area contributed by atoms with Crippen molar-refractivity contribution in [3.05, 3.63) is 87.9 Å². The maximum absolute atomic E-state index is 14.7. The quantitative estimate of drug-likeness (QED) is 0.391. The molecule has 1 aliphatic rings. The van der Waals surface area contributed by atoms with Crippen molar-refractivity contribution in [2.24, 2.45) is 0 Å². The molecule has 4 rings (SSSR count). The van der Waals surface area contributed by atoms with Crippen LogP contribution in [0.4, 0.5) is 10.2 Å². The Morgan fingerprint density at radius 2 is 1.86 bits per heavy atom. The molecule has 0 saturated carbocycles. The lowest BCUT2D eigenvalue weighted by molar-refractivity contribution is -0.132. The van der Waals surface area contributed by atoms with Gasteiger partial charge >= 0.3 is 5.91 Å². The van der Waals surface area contributed by atoms with Gasteiger partial charge in [0, 0.05) is 22.2 Å². The number of aromatic nitrogens is 1. The van der Waals surface area contributed by atoms with Crippen LogP contribution in [0.25, 0.3) is 5.76 Å². The van der Waals surface area contributed by atoms with Crippen molar-refractivity contribution in [1.82, 2.24) is 5.16 Å². The summed E-state index contributed by atoms with van der Waals surface area (Å²) in [6.45, 7) is 1.62. The Kier molecular flexibility index (Phi) is 4.68. The van der Waals surface area contributed by atoms with Gasteiger partial charge in [-0.3, -0.25) is 14.5 Å². The van der Waals surface area contributed by atoms with E-state index < -0.39 is 29.3 Å². The third-order valence-corrected chi connectivity index (χ3v) is 4.88. The number of halogens is 2. The molecule has 146 valence electrons. The average molecular weight is 413 g/mol. The highest BCUT2D eigenvalue weighted by Crippen LogP contribution is 2.42. The molecule has 0 radical (unpaired) electrons. The summed E-state index contributed by atoms with van der Waals surface area (Å²) >= 11 is 5.88. The van der Waals surface area contributed by atoms with Gasteiger partial charge in [-0.15, -0.1) is 0 Å². The number of benzene rings is 2. The number of hydrogen-bond donors (Lipinski definition) is 1. The fraction of sp³-hybridized carbons (Fsp3) is 0.0952. The third-order valence-electron chi connectivity index (χ3n) is 4.62. The number of nitrogens with zero attached hydrogens (tertiary/aromatic N) is 2. The second kappa shape index (κ2) is 7.18. The minimum Gasteiger partial charge on any atom is -0.507 e. The maximum atomic E-state index is 14.7. The standard InChI is InChI=1S/C21H14ClFN2O4/c1-11-10-16(24-29-11)25-18(14-4-2-3-5-15(14)23)17(20(27)21(25)28)19(26)12-6-8-13(22)9-7-12/h2-10,18,26H,1H3/b19-17+/t18-/m0/s1. The number of aryl methyl sites for hydroxylation is 1. The number of anilines is 1. The van der Waals surface area contributed by atoms with Crippen LogP contribution < -0.4 is 4.90 Å². The lowest BCUT2D eigenvalue weighted by Crippen LogP contribution is -2.30. The molecule has 0 spiro atoms. The van der Waals surface area contributed by atoms with Gasteiger partial charge in [0.15, 0.2) is 5.82 Å². The lowest BCUT2D eigenvalue weighted by Gasteiger charge is -2.23. The average Bonchev–Trinajstić information content (AvgIpc) is 3.23. The molecule has 8 heteroatoms. The summed E-state index contributed by atoms with van der Waals surface area (Å²) in [6, 6.07) is 12.1. The fourth-order valence-electron chi connectivity index (χ4n) is 3.29. The number of aliphatic hydroxyl groups is 1. The zero-order valence-corrected chi connectivity index (χ0v) is 15.9. The van der Waals surface area contributed by atoms with E-state index in [0.29, 0.717) is 10.8 Å². The number of carbonyl (C=O) groups excluding carboxylic acids is 2. The van der Waals surface area contributed by atoms with Gasteiger partial charge in [0.05, 0.1) is 11.6 Å². The van der Waals surface area contributed by atoms with Crippen LogP contribution in [-0.4, -0.2) is 22.0 Å². The van der Waals surface area contributed by atoms with Crippen molar-refractivity contribution in [1.29, 1.82) is 0 Å². The largest absolute Gasteiger partial charge is 0.507 e. The Balaban J connectivity index is 1.97. The second-order valence-corrected chi connectivity index (χ2v) is 6.93. The van der Waals surface area contributed by atoms with E-state index in [1.54, 1.807) is 13.0 Å². The molecule has 1 fully saturated rings. The van der Waals surface area contributed by atoms with Crippen LogP contribution in [0.5, 0.6) is 0 Å². The molecule has 0 bridgehead atoms. The Labute approximate surface area is 169 Å². The van der Waals surface area contributed by atoms with Gasteiger partial charge in [-0.05, 0) is 37.3 Å². The van der Waals surface area contributed by atoms with E-state index in [1.807, 2.05) is 0 Å². The van der Waals surface area contributed by atoms with Gasteiger partial charge in [0.25, 0.3) is 5.78 Å². The summed E-state index contributed by atoms with van der Waals surface area (Å²) in [5, 5.41) is 15.1. The molecule has 1 aromatic heterocycles. The lowest BCUT2D eigenvalue weighted by atomic mass is 9.95. The first-order chi connectivity index (χ1) is 13.9. The molecule has 1 atom stereocenters. The van der Waals surface area contributed by atoms with Crippen molar-refractivity contribution >= 4 is 34.9 Å². The molecule has 1 N–H and O–H groups in total. The molecule has 3 aromatic rings. The number of aliphatic hydroxyl groups excluding tert-OH is 1. The molecular formula is C21H14ClFN2O4. The number of carbonyl (C=O) groups is 2. The topological polar surface area (TPSA) is 83.6 Å². The van der Waals surface area contributed by atoms with Gasteiger partial charge in [-0.1, -0.05) is 35.0 Å². The first-order valence-electron chi connectivity index (χ1n) is 8.63. The number of amides is 1. The van der Waals surface area contributed by atoms with Gasteiger partial charge in [-0.25, -0.2) is 4.39 Å². The number of hydrogen-bond acceptors (Lipinski definition) is 5. The zero-order chi connectivity index (χ0) is 20.7. The third kappa shape index (κ3) is 3.19. The normalized spacial score (nSPS) is 18.4. The molecule has 1 aliphatic heterocycles. The van der Waals surface area contributed by atoms with Crippen molar-refractivity contribution in [2.45, 2.75) is 13.0 Å². The highest BCUT2D eigenvalue weighted by molar-refractivity contribution is 6.51. The number of ketones is 1. The first kappa shape index (κ1) is 18.9. The number of rotatable bonds is 3. The smallest absolute Gasteiger partial charge is 0.301 e. The van der Waals surface area contributed by atoms with Crippen molar-refractivity contribution in [2.75, 3.05) is 4.90 Å². The van der Waals surface area contributed by atoms with Crippen LogP contribution in [0.1, 0.15) is 22.9 Å². The Morgan fingerprint density at radius 1 is 1.17 bits per heavy atom. The molecule has 29 heavy (non-hydrogen) atoms. The van der Waals surface area contributed by atoms with Crippen LogP contribution in [0.15, 0.2) is 64.7 Å². The Hall–Kier alpha value is -3.45. The summed E-state index contributed by atoms with van der Waals surface area (Å²) in [4.78, 5) is 26.7. The van der Waals surface area contributed by atoms with E-state index >= 15 is 0 Å². The van der Waals surface area contributed by atoms with Crippen LogP contribution >= 0.6 is 11.6 Å². The summed E-state index contributed by atoms with van der Waals surface area (Å²) in [6.07, 6.45) is 0. The van der Waals surface area contributed by atoms with Crippen molar-refractivity contribution in [3.63, 3.8) is 0 Å². The van der Waals surface area contributed by atoms with Crippen LogP contribution in [0.3, 0.4) is 0 Å². The van der Waals surface area contributed by atoms with Crippen LogP contribution in [-0.2, 0) is 9.59 Å². The van der Waals surface area contributed by atoms with E-state index in [4.69, 9.17) is 16.1 Å². The fourth-order valence-corrected chi connectivity index (χ4v) is 3.42. The van der Waals surface area contributed by atoms with Gasteiger partial charge in [0.1, 0.15) is 17.3 Å². The molecule has 6 nitrogen and oxygen atoms in total. The van der Waals surface area contributed by atoms with E-state index in [2.05, 4.69) is 5.16 Å². The summed E-state index contributed by atoms with van der Waals surface area (Å²) in [5.41, 5.74) is 0.0658. The molecular weight excluding hydrogens is 399 g/mol. The molecule has 1 amide bonds. The van der Waals surface area contributed by atoms with Gasteiger partial charge in [0.2, 0.25) is 0 Å². The SMILES string of the molecule is Cc1cc(N2C(=O)C(=O)/C(=C(/O)c3ccc(Cl)cc3)[C@@H]2c2ccccc2F)no1. The molecule has 2 heterocycles. The van der Waals surface area contributed by atoms with Crippen LogP contribution in [0, 0.1) is 12.7 Å². The summed E-state index contributed by atoms with van der Waals surface area (Å²) in [7, 11) is 0. The van der Waals surface area contributed by atoms with E-state index in [9.17, 15) is 19.1 Å². The van der Waals surface area contributed by atoms with Gasteiger partial charge in [-0.2, -0.15) is 0 Å². The molecule has 1 saturated heterocycles. The summed E-state index contributed by atoms with van der Waals surface area (Å²) < 4.78 is 19.7. The molecule has 0 unspecified atom stereocenters. The monoisotopic (exact) mass is 412 g/mol. The van der Waals surface area contributed by atoms with Crippen molar-refractivity contribution in [3.8, 4) is 0 Å². The predicted molar refractivity (Wildman–Crippen MR) is 104 cm³/mol. The highest BCUT2D eigenvalue weighted by Gasteiger charge is 2.48. The van der Waals surface area contributed by atoms with Gasteiger partial charge < -0.3 is 9.63 Å². The number of Topliss-reactive ketones (excluding diaryl/α,β-unsaturated/α-hetero) is 1. The summed E-state index contributed by atoms with van der Waals surface area (Å²) in [5.74, 6) is -2.50. The minimum absolute atomic E-state index is 0.0443. The predicted octanol–water partition coefficient (Wildman–Crippen LogP) is 4.40. The second-order valence-electron chi connectivity index (χ2n) is 6.49.